The molecule has 2 N–H and O–H groups in total. The van der Waals surface area contributed by atoms with Crippen molar-refractivity contribution in [2.75, 3.05) is 19.0 Å². The fraction of sp³-hybridized carbons (Fsp3) is 0.250. The van der Waals surface area contributed by atoms with Gasteiger partial charge in [0, 0.05) is 5.56 Å². The average Bonchev–Trinajstić information content (AvgIpc) is 2.83. The predicted octanol–water partition coefficient (Wildman–Crippen LogP) is 4.82. The van der Waals surface area contributed by atoms with Crippen molar-refractivity contribution in [2.45, 2.75) is 25.4 Å². The highest BCUT2D eigenvalue weighted by Gasteiger charge is 2.34. The second kappa shape index (κ2) is 9.61. The van der Waals surface area contributed by atoms with Crippen LogP contribution in [0.2, 0.25) is 0 Å². The van der Waals surface area contributed by atoms with Crippen LogP contribution in [0, 0.1) is 0 Å². The summed E-state index contributed by atoms with van der Waals surface area (Å²) in [4.78, 5) is 18.1. The van der Waals surface area contributed by atoms with Gasteiger partial charge in [-0.3, -0.25) is 14.7 Å². The number of methoxy groups -OCH3 is 1. The van der Waals surface area contributed by atoms with E-state index in [4.69, 9.17) is 4.74 Å². The van der Waals surface area contributed by atoms with Gasteiger partial charge in [-0.15, -0.1) is 0 Å². The quantitative estimate of drug-likeness (QED) is 0.446. The topological polar surface area (TPSA) is 77.4 Å². The molecule has 0 radical (unpaired) electrons. The number of aromatic nitrogens is 2. The Kier molecular flexibility index (Phi) is 6.72. The molecule has 1 atom stereocenters. The van der Waals surface area contributed by atoms with Gasteiger partial charge < -0.3 is 14.8 Å². The van der Waals surface area contributed by atoms with Crippen molar-refractivity contribution >= 4 is 11.9 Å². The molecule has 2 aromatic carbocycles. The van der Waals surface area contributed by atoms with Crippen LogP contribution in [-0.4, -0.2) is 41.7 Å². The summed E-state index contributed by atoms with van der Waals surface area (Å²) in [6.45, 7) is -2.83. The molecule has 1 aliphatic rings. The Bertz CT molecular complexity index is 1320. The van der Waals surface area contributed by atoms with Gasteiger partial charge >= 0.3 is 12.8 Å². The van der Waals surface area contributed by atoms with Crippen molar-refractivity contribution in [1.82, 2.24) is 14.9 Å². The van der Waals surface area contributed by atoms with Crippen LogP contribution in [0.4, 0.5) is 27.8 Å². The number of anilines is 1. The molecule has 12 heteroatoms. The van der Waals surface area contributed by atoms with E-state index in [0.717, 1.165) is 0 Å². The highest BCUT2D eigenvalue weighted by atomic mass is 19.4. The van der Waals surface area contributed by atoms with Gasteiger partial charge in [0.1, 0.15) is 34.4 Å². The van der Waals surface area contributed by atoms with E-state index in [1.54, 1.807) is 24.3 Å². The second-order valence-electron chi connectivity index (χ2n) is 8.07. The summed E-state index contributed by atoms with van der Waals surface area (Å²) in [6, 6.07) is 11.9. The molecule has 4 rings (SSSR count). The Balaban J connectivity index is 1.84. The Morgan fingerprint density at radius 1 is 1.08 bits per heavy atom. The molecule has 7 nitrogen and oxygen atoms in total. The molecule has 0 saturated heterocycles. The van der Waals surface area contributed by atoms with Crippen molar-refractivity contribution in [3.05, 3.63) is 70.7 Å². The Hall–Kier alpha value is -3.93. The maximum atomic E-state index is 13.6. The van der Waals surface area contributed by atoms with Gasteiger partial charge in [-0.05, 0) is 67.6 Å². The van der Waals surface area contributed by atoms with Crippen LogP contribution >= 0.6 is 0 Å². The number of alkyl halides is 5. The van der Waals surface area contributed by atoms with Crippen LogP contribution in [0.1, 0.15) is 12.6 Å². The normalized spacial score (nSPS) is 17.0. The zero-order valence-corrected chi connectivity index (χ0v) is 19.1. The fourth-order valence-corrected chi connectivity index (χ4v) is 3.66. The number of nitrogens with one attached hydrogen (secondary N) is 2. The number of ether oxygens (including phenoxy) is 2. The van der Waals surface area contributed by atoms with Crippen molar-refractivity contribution in [3.8, 4) is 28.4 Å². The van der Waals surface area contributed by atoms with E-state index in [-0.39, 0.29) is 22.9 Å². The minimum atomic E-state index is -4.46. The van der Waals surface area contributed by atoms with Crippen LogP contribution in [0.3, 0.4) is 0 Å². The number of hydrogen-bond donors (Lipinski definition) is 2. The van der Waals surface area contributed by atoms with Gasteiger partial charge in [-0.25, -0.2) is 4.98 Å². The number of halogens is 5. The summed E-state index contributed by atoms with van der Waals surface area (Å²) in [6.07, 6.45) is -1.48. The number of fused-ring (bicyclic) bond motifs is 1. The smallest absolute Gasteiger partial charge is 0.401 e. The molecule has 0 bridgehead atoms. The lowest BCUT2D eigenvalue weighted by Crippen LogP contribution is -2.53. The van der Waals surface area contributed by atoms with Gasteiger partial charge in [0.25, 0.3) is 5.56 Å². The van der Waals surface area contributed by atoms with Crippen molar-refractivity contribution < 1.29 is 31.4 Å². The van der Waals surface area contributed by atoms with E-state index in [2.05, 4.69) is 20.4 Å². The zero-order chi connectivity index (χ0) is 26.1. The molecule has 0 spiro atoms. The van der Waals surface area contributed by atoms with Gasteiger partial charge in [-0.2, -0.15) is 22.0 Å². The first kappa shape index (κ1) is 25.2. The van der Waals surface area contributed by atoms with Crippen LogP contribution < -0.4 is 25.7 Å². The summed E-state index contributed by atoms with van der Waals surface area (Å²) in [7, 11) is 1.50. The van der Waals surface area contributed by atoms with Crippen molar-refractivity contribution in [3.63, 3.8) is 0 Å². The molecule has 0 aliphatic carbocycles. The standard InChI is InChI=1S/C24H21F5N4O3/c1-23(30-13-24(27,28)29)12-11-18-20(32-23)33(15-5-9-17(10-6-15)36-22(25)26)21(34)19(31-18)14-3-7-16(35-2)8-4-14/h3-12,22,30,32H,13H2,1-2H3/t23-/m1/s1. The lowest BCUT2D eigenvalue weighted by molar-refractivity contribution is -0.127. The molecule has 3 aromatic rings. The van der Waals surface area contributed by atoms with Gasteiger partial charge in [0.2, 0.25) is 0 Å². The first-order chi connectivity index (χ1) is 17.0. The Labute approximate surface area is 202 Å². The zero-order valence-electron chi connectivity index (χ0n) is 19.1. The molecule has 0 amide bonds. The molecule has 2 heterocycles. The molecule has 0 fully saturated rings. The number of hydrogen-bond acceptors (Lipinski definition) is 6. The number of nitrogens with zero attached hydrogens (tertiary/aromatic N) is 2. The minimum Gasteiger partial charge on any atom is -0.497 e. The summed E-state index contributed by atoms with van der Waals surface area (Å²) < 4.78 is 74.4. The Morgan fingerprint density at radius 2 is 1.72 bits per heavy atom. The highest BCUT2D eigenvalue weighted by molar-refractivity contribution is 5.72. The molecule has 1 aromatic heterocycles. The van der Waals surface area contributed by atoms with Crippen LogP contribution in [0.25, 0.3) is 23.0 Å². The Morgan fingerprint density at radius 3 is 2.31 bits per heavy atom. The van der Waals surface area contributed by atoms with Crippen LogP contribution in [0.5, 0.6) is 11.5 Å². The first-order valence-electron chi connectivity index (χ1n) is 10.6. The summed E-state index contributed by atoms with van der Waals surface area (Å²) >= 11 is 0. The monoisotopic (exact) mass is 508 g/mol. The maximum absolute atomic E-state index is 13.6. The van der Waals surface area contributed by atoms with Gasteiger partial charge in [-0.1, -0.05) is 0 Å². The van der Waals surface area contributed by atoms with Gasteiger partial charge in [0.05, 0.1) is 19.3 Å². The van der Waals surface area contributed by atoms with Gasteiger partial charge in [0.15, 0.2) is 0 Å². The second-order valence-corrected chi connectivity index (χ2v) is 8.07. The van der Waals surface area contributed by atoms with Crippen molar-refractivity contribution in [2.24, 2.45) is 0 Å². The SMILES string of the molecule is COc1ccc(-c2nc3c(n(-c4ccc(OC(F)F)cc4)c2=O)N[C@@](C)(NCC(F)(F)F)C=C3)cc1. The summed E-state index contributed by atoms with van der Waals surface area (Å²) in [5.74, 6) is 0.573. The maximum Gasteiger partial charge on any atom is 0.401 e. The minimum absolute atomic E-state index is 0.0719. The molecule has 36 heavy (non-hydrogen) atoms. The van der Waals surface area contributed by atoms with E-state index in [1.165, 1.54) is 55.0 Å². The van der Waals surface area contributed by atoms with Crippen LogP contribution in [-0.2, 0) is 0 Å². The molecule has 0 saturated carbocycles. The van der Waals surface area contributed by atoms with E-state index < -0.39 is 30.6 Å². The lowest BCUT2D eigenvalue weighted by Gasteiger charge is -2.35. The summed E-state index contributed by atoms with van der Waals surface area (Å²) in [5, 5.41) is 5.31. The highest BCUT2D eigenvalue weighted by Crippen LogP contribution is 2.30. The largest absolute Gasteiger partial charge is 0.497 e. The predicted molar refractivity (Wildman–Crippen MR) is 124 cm³/mol. The average molecular weight is 508 g/mol. The van der Waals surface area contributed by atoms with E-state index >= 15 is 0 Å². The first-order valence-corrected chi connectivity index (χ1v) is 10.6. The van der Waals surface area contributed by atoms with E-state index in [1.807, 2.05) is 0 Å². The van der Waals surface area contributed by atoms with Crippen LogP contribution in [0.15, 0.2) is 59.4 Å². The molecule has 1 aliphatic heterocycles. The number of rotatable bonds is 7. The third-order valence-electron chi connectivity index (χ3n) is 5.40. The van der Waals surface area contributed by atoms with E-state index in [9.17, 15) is 26.7 Å². The fourth-order valence-electron chi connectivity index (χ4n) is 3.66. The number of benzene rings is 2. The third-order valence-corrected chi connectivity index (χ3v) is 5.40. The molecule has 0 unspecified atom stereocenters. The van der Waals surface area contributed by atoms with Crippen molar-refractivity contribution in [1.29, 1.82) is 0 Å². The molecular weight excluding hydrogens is 487 g/mol. The van der Waals surface area contributed by atoms with E-state index in [0.29, 0.717) is 17.0 Å². The third kappa shape index (κ3) is 5.48. The summed E-state index contributed by atoms with van der Waals surface area (Å²) in [5.41, 5.74) is -0.841. The lowest BCUT2D eigenvalue weighted by atomic mass is 10.1. The molecular formula is C24H21F5N4O3. The molecule has 190 valence electrons.